The van der Waals surface area contributed by atoms with Crippen LogP contribution in [0, 0.1) is 0 Å². The molecule has 0 saturated carbocycles. The highest BCUT2D eigenvalue weighted by atomic mass is 16.5. The third-order valence-corrected chi connectivity index (χ3v) is 2.77. The first-order valence-electron chi connectivity index (χ1n) is 6.77. The zero-order valence-corrected chi connectivity index (χ0v) is 12.7. The topological polar surface area (TPSA) is 60.0 Å². The number of rotatable bonds is 9. The lowest BCUT2D eigenvalue weighted by molar-refractivity contribution is 0.128. The first-order chi connectivity index (χ1) is 9.60. The fraction of sp³-hybridized carbons (Fsp3) is 0.600. The molecule has 1 unspecified atom stereocenters. The van der Waals surface area contributed by atoms with Crippen LogP contribution < -0.4 is 14.8 Å². The largest absolute Gasteiger partial charge is 0.493 e. The van der Waals surface area contributed by atoms with Crippen molar-refractivity contribution in [2.45, 2.75) is 32.5 Å². The Morgan fingerprint density at radius 2 is 1.95 bits per heavy atom. The third-order valence-electron chi connectivity index (χ3n) is 2.77. The first-order valence-corrected chi connectivity index (χ1v) is 6.77. The second kappa shape index (κ2) is 8.79. The SMILES string of the molecule is COCC(CO)NCc1ccc(OC(C)C)c(OC)c1. The molecule has 0 aliphatic carbocycles. The minimum absolute atomic E-state index is 0.0412. The van der Waals surface area contributed by atoms with Crippen LogP contribution >= 0.6 is 0 Å². The molecule has 0 bridgehead atoms. The Hall–Kier alpha value is -1.30. The number of ether oxygens (including phenoxy) is 3. The summed E-state index contributed by atoms with van der Waals surface area (Å²) in [4.78, 5) is 0. The van der Waals surface area contributed by atoms with Crippen LogP contribution in [0.2, 0.25) is 0 Å². The lowest BCUT2D eigenvalue weighted by atomic mass is 10.2. The van der Waals surface area contributed by atoms with Gasteiger partial charge in [0.15, 0.2) is 11.5 Å². The Kier molecular flexibility index (Phi) is 7.36. The number of hydrogen-bond acceptors (Lipinski definition) is 5. The van der Waals surface area contributed by atoms with Crippen molar-refractivity contribution in [3.8, 4) is 11.5 Å². The normalized spacial score (nSPS) is 12.5. The maximum Gasteiger partial charge on any atom is 0.161 e. The van der Waals surface area contributed by atoms with E-state index in [1.165, 1.54) is 0 Å². The molecule has 1 aromatic carbocycles. The van der Waals surface area contributed by atoms with Gasteiger partial charge < -0.3 is 24.6 Å². The van der Waals surface area contributed by atoms with E-state index in [4.69, 9.17) is 14.2 Å². The van der Waals surface area contributed by atoms with E-state index in [9.17, 15) is 5.11 Å². The molecule has 1 atom stereocenters. The molecule has 0 amide bonds. The predicted molar refractivity (Wildman–Crippen MR) is 78.3 cm³/mol. The zero-order valence-electron chi connectivity index (χ0n) is 12.7. The first kappa shape index (κ1) is 16.8. The number of aliphatic hydroxyl groups excluding tert-OH is 1. The molecule has 114 valence electrons. The molecule has 5 nitrogen and oxygen atoms in total. The van der Waals surface area contributed by atoms with Crippen molar-refractivity contribution in [2.75, 3.05) is 27.4 Å². The average Bonchev–Trinajstić information content (AvgIpc) is 2.44. The van der Waals surface area contributed by atoms with Gasteiger partial charge in [-0.05, 0) is 31.5 Å². The average molecular weight is 283 g/mol. The quantitative estimate of drug-likeness (QED) is 0.720. The van der Waals surface area contributed by atoms with Crippen LogP contribution in [0.15, 0.2) is 18.2 Å². The summed E-state index contributed by atoms with van der Waals surface area (Å²) >= 11 is 0. The van der Waals surface area contributed by atoms with Crippen LogP contribution in [0.4, 0.5) is 0 Å². The highest BCUT2D eigenvalue weighted by Crippen LogP contribution is 2.28. The summed E-state index contributed by atoms with van der Waals surface area (Å²) in [6.45, 7) is 5.10. The molecule has 2 N–H and O–H groups in total. The zero-order chi connectivity index (χ0) is 15.0. The molecule has 0 spiro atoms. The van der Waals surface area contributed by atoms with Crippen LogP contribution in [-0.4, -0.2) is 44.7 Å². The molecule has 0 heterocycles. The van der Waals surface area contributed by atoms with Crippen LogP contribution in [0.3, 0.4) is 0 Å². The van der Waals surface area contributed by atoms with Crippen molar-refractivity contribution in [3.05, 3.63) is 23.8 Å². The highest BCUT2D eigenvalue weighted by Gasteiger charge is 2.09. The predicted octanol–water partition coefficient (Wildman–Crippen LogP) is 1.58. The van der Waals surface area contributed by atoms with Crippen molar-refractivity contribution in [1.29, 1.82) is 0 Å². The maximum absolute atomic E-state index is 9.19. The summed E-state index contributed by atoms with van der Waals surface area (Å²) in [7, 11) is 3.24. The van der Waals surface area contributed by atoms with E-state index in [-0.39, 0.29) is 18.8 Å². The van der Waals surface area contributed by atoms with E-state index in [0.29, 0.717) is 18.9 Å². The molecule has 0 radical (unpaired) electrons. The lowest BCUT2D eigenvalue weighted by Crippen LogP contribution is -2.35. The Labute approximate surface area is 120 Å². The number of benzene rings is 1. The second-order valence-corrected chi connectivity index (χ2v) is 4.87. The molecular formula is C15H25NO4. The van der Waals surface area contributed by atoms with E-state index in [1.807, 2.05) is 32.0 Å². The van der Waals surface area contributed by atoms with Gasteiger partial charge in [0.1, 0.15) is 0 Å². The van der Waals surface area contributed by atoms with Gasteiger partial charge in [0.05, 0.1) is 32.5 Å². The van der Waals surface area contributed by atoms with Crippen LogP contribution in [0.1, 0.15) is 19.4 Å². The molecule has 0 aliphatic rings. The third kappa shape index (κ3) is 5.36. The van der Waals surface area contributed by atoms with Gasteiger partial charge in [-0.2, -0.15) is 0 Å². The monoisotopic (exact) mass is 283 g/mol. The number of aliphatic hydroxyl groups is 1. The molecule has 20 heavy (non-hydrogen) atoms. The van der Waals surface area contributed by atoms with Crippen molar-refractivity contribution < 1.29 is 19.3 Å². The Balaban J connectivity index is 2.67. The minimum atomic E-state index is -0.0717. The van der Waals surface area contributed by atoms with Crippen molar-refractivity contribution in [3.63, 3.8) is 0 Å². The minimum Gasteiger partial charge on any atom is -0.493 e. The van der Waals surface area contributed by atoms with E-state index >= 15 is 0 Å². The Morgan fingerprint density at radius 1 is 1.20 bits per heavy atom. The fourth-order valence-corrected chi connectivity index (χ4v) is 1.81. The molecule has 0 aromatic heterocycles. The lowest BCUT2D eigenvalue weighted by Gasteiger charge is -2.17. The molecule has 0 aliphatic heterocycles. The van der Waals surface area contributed by atoms with Crippen LogP contribution in [0.5, 0.6) is 11.5 Å². The van der Waals surface area contributed by atoms with Gasteiger partial charge in [0, 0.05) is 13.7 Å². The summed E-state index contributed by atoms with van der Waals surface area (Å²) in [6.07, 6.45) is 0.105. The van der Waals surface area contributed by atoms with Gasteiger partial charge in [-0.25, -0.2) is 0 Å². The van der Waals surface area contributed by atoms with Gasteiger partial charge in [-0.15, -0.1) is 0 Å². The summed E-state index contributed by atoms with van der Waals surface area (Å²) in [6, 6.07) is 5.75. The molecule has 1 aromatic rings. The van der Waals surface area contributed by atoms with E-state index in [0.717, 1.165) is 11.3 Å². The summed E-state index contributed by atoms with van der Waals surface area (Å²) in [5, 5.41) is 12.4. The second-order valence-electron chi connectivity index (χ2n) is 4.87. The number of methoxy groups -OCH3 is 2. The number of nitrogens with one attached hydrogen (secondary N) is 1. The molecule has 0 saturated heterocycles. The summed E-state index contributed by atoms with van der Waals surface area (Å²) < 4.78 is 16.0. The smallest absolute Gasteiger partial charge is 0.161 e. The van der Waals surface area contributed by atoms with Gasteiger partial charge in [0.25, 0.3) is 0 Å². The van der Waals surface area contributed by atoms with Crippen molar-refractivity contribution >= 4 is 0 Å². The highest BCUT2D eigenvalue weighted by molar-refractivity contribution is 5.43. The number of hydrogen-bond donors (Lipinski definition) is 2. The van der Waals surface area contributed by atoms with E-state index in [1.54, 1.807) is 14.2 Å². The van der Waals surface area contributed by atoms with Gasteiger partial charge in [0.2, 0.25) is 0 Å². The van der Waals surface area contributed by atoms with Gasteiger partial charge >= 0.3 is 0 Å². The Bertz CT molecular complexity index is 395. The molecule has 5 heteroatoms. The van der Waals surface area contributed by atoms with Crippen molar-refractivity contribution in [2.24, 2.45) is 0 Å². The van der Waals surface area contributed by atoms with Gasteiger partial charge in [-0.3, -0.25) is 0 Å². The Morgan fingerprint density at radius 3 is 2.50 bits per heavy atom. The molecule has 1 rings (SSSR count). The fourth-order valence-electron chi connectivity index (χ4n) is 1.81. The standard InChI is InChI=1S/C15H25NO4/c1-11(2)20-14-6-5-12(7-15(14)19-4)8-16-13(9-17)10-18-3/h5-7,11,13,16-17H,8-10H2,1-4H3. The van der Waals surface area contributed by atoms with Crippen LogP contribution in [0.25, 0.3) is 0 Å². The van der Waals surface area contributed by atoms with E-state index < -0.39 is 0 Å². The van der Waals surface area contributed by atoms with E-state index in [2.05, 4.69) is 5.32 Å². The van der Waals surface area contributed by atoms with Crippen LogP contribution in [-0.2, 0) is 11.3 Å². The van der Waals surface area contributed by atoms with Crippen molar-refractivity contribution in [1.82, 2.24) is 5.32 Å². The maximum atomic E-state index is 9.19. The molecular weight excluding hydrogens is 258 g/mol. The summed E-state index contributed by atoms with van der Waals surface area (Å²) in [5.41, 5.74) is 1.06. The summed E-state index contributed by atoms with van der Waals surface area (Å²) in [5.74, 6) is 1.45. The van der Waals surface area contributed by atoms with Gasteiger partial charge in [-0.1, -0.05) is 6.07 Å². The molecule has 0 fully saturated rings.